The highest BCUT2D eigenvalue weighted by Gasteiger charge is 2.37. The van der Waals surface area contributed by atoms with E-state index in [1.165, 1.54) is 0 Å². The largest absolute Gasteiger partial charge is 0.483 e. The molecule has 0 saturated heterocycles. The van der Waals surface area contributed by atoms with Gasteiger partial charge in [0.05, 0.1) is 0 Å². The van der Waals surface area contributed by atoms with E-state index in [0.717, 1.165) is 12.1 Å². The Morgan fingerprint density at radius 3 is 2.50 bits per heavy atom. The molecule has 1 aromatic rings. The summed E-state index contributed by atoms with van der Waals surface area (Å²) in [5.41, 5.74) is 4.81. The third kappa shape index (κ3) is 1.61. The molecule has 1 aliphatic rings. The highest BCUT2D eigenvalue weighted by molar-refractivity contribution is 5.44. The van der Waals surface area contributed by atoms with Crippen LogP contribution in [-0.4, -0.2) is 18.8 Å². The first-order valence-electron chi connectivity index (χ1n) is 5.12. The molecular weight excluding hydrogens is 216 g/mol. The maximum atomic E-state index is 13.5. The first kappa shape index (κ1) is 11.1. The van der Waals surface area contributed by atoms with Gasteiger partial charge in [-0.25, -0.2) is 8.78 Å². The third-order valence-electron chi connectivity index (χ3n) is 2.83. The van der Waals surface area contributed by atoms with Crippen molar-refractivity contribution in [3.05, 3.63) is 23.8 Å². The molecule has 2 rings (SSSR count). The van der Waals surface area contributed by atoms with E-state index in [0.29, 0.717) is 6.42 Å². The summed E-state index contributed by atoms with van der Waals surface area (Å²) in [6.45, 7) is 2.19. The quantitative estimate of drug-likeness (QED) is 0.841. The molecule has 0 fully saturated rings. The zero-order chi connectivity index (χ0) is 11.8. The third-order valence-corrected chi connectivity index (χ3v) is 2.83. The SMILES string of the molecule is CCC1(CN)COc2c(F)ccc(F)c2O1. The molecule has 0 spiro atoms. The Morgan fingerprint density at radius 2 is 1.94 bits per heavy atom. The van der Waals surface area contributed by atoms with E-state index in [1.54, 1.807) is 0 Å². The summed E-state index contributed by atoms with van der Waals surface area (Å²) in [6.07, 6.45) is 0.568. The lowest BCUT2D eigenvalue weighted by Gasteiger charge is -2.36. The number of benzene rings is 1. The van der Waals surface area contributed by atoms with Crippen molar-refractivity contribution in [1.82, 2.24) is 0 Å². The smallest absolute Gasteiger partial charge is 0.201 e. The van der Waals surface area contributed by atoms with Gasteiger partial charge in [-0.1, -0.05) is 6.92 Å². The second kappa shape index (κ2) is 3.90. The van der Waals surface area contributed by atoms with Gasteiger partial charge >= 0.3 is 0 Å². The Hall–Kier alpha value is -1.36. The molecule has 0 radical (unpaired) electrons. The lowest BCUT2D eigenvalue weighted by molar-refractivity contribution is -0.0105. The molecule has 1 heterocycles. The van der Waals surface area contributed by atoms with Gasteiger partial charge in [0.25, 0.3) is 0 Å². The van der Waals surface area contributed by atoms with E-state index in [2.05, 4.69) is 0 Å². The van der Waals surface area contributed by atoms with Crippen molar-refractivity contribution in [2.75, 3.05) is 13.2 Å². The summed E-state index contributed by atoms with van der Waals surface area (Å²) < 4.78 is 37.4. The van der Waals surface area contributed by atoms with Crippen LogP contribution < -0.4 is 15.2 Å². The van der Waals surface area contributed by atoms with Gasteiger partial charge in [0, 0.05) is 6.54 Å². The van der Waals surface area contributed by atoms with Crippen molar-refractivity contribution in [2.45, 2.75) is 18.9 Å². The summed E-state index contributed by atoms with van der Waals surface area (Å²) >= 11 is 0. The first-order valence-corrected chi connectivity index (χ1v) is 5.12. The highest BCUT2D eigenvalue weighted by atomic mass is 19.1. The van der Waals surface area contributed by atoms with Gasteiger partial charge in [0.15, 0.2) is 23.0 Å². The van der Waals surface area contributed by atoms with Crippen LogP contribution in [0.3, 0.4) is 0 Å². The first-order chi connectivity index (χ1) is 7.62. The maximum Gasteiger partial charge on any atom is 0.201 e. The molecule has 1 aliphatic heterocycles. The van der Waals surface area contributed by atoms with Crippen molar-refractivity contribution in [2.24, 2.45) is 5.73 Å². The van der Waals surface area contributed by atoms with Crippen molar-refractivity contribution in [1.29, 1.82) is 0 Å². The Labute approximate surface area is 92.1 Å². The molecule has 16 heavy (non-hydrogen) atoms. The zero-order valence-electron chi connectivity index (χ0n) is 8.93. The Balaban J connectivity index is 2.43. The number of fused-ring (bicyclic) bond motifs is 1. The Morgan fingerprint density at radius 1 is 1.31 bits per heavy atom. The molecule has 0 amide bonds. The topological polar surface area (TPSA) is 44.5 Å². The summed E-state index contributed by atoms with van der Waals surface area (Å²) in [5, 5.41) is 0. The van der Waals surface area contributed by atoms with E-state index < -0.39 is 17.2 Å². The molecule has 0 saturated carbocycles. The molecule has 1 unspecified atom stereocenters. The molecule has 3 nitrogen and oxygen atoms in total. The predicted molar refractivity (Wildman–Crippen MR) is 54.6 cm³/mol. The molecule has 2 N–H and O–H groups in total. The monoisotopic (exact) mass is 229 g/mol. The van der Waals surface area contributed by atoms with Crippen molar-refractivity contribution in [3.63, 3.8) is 0 Å². The minimum Gasteiger partial charge on any atom is -0.483 e. The summed E-state index contributed by atoms with van der Waals surface area (Å²) in [5.74, 6) is -1.61. The standard InChI is InChI=1S/C11H13F2NO2/c1-2-11(5-14)6-15-9-7(12)3-4-8(13)10(9)16-11/h3-4H,2,5-6,14H2,1H3. The van der Waals surface area contributed by atoms with Crippen LogP contribution in [0.15, 0.2) is 12.1 Å². The predicted octanol–water partition coefficient (Wildman–Crippen LogP) is 1.84. The van der Waals surface area contributed by atoms with Gasteiger partial charge in [-0.3, -0.25) is 0 Å². The van der Waals surface area contributed by atoms with Crippen LogP contribution in [0.2, 0.25) is 0 Å². The maximum absolute atomic E-state index is 13.5. The summed E-state index contributed by atoms with van der Waals surface area (Å²) in [6, 6.07) is 2.03. The molecule has 0 aromatic heterocycles. The summed E-state index contributed by atoms with van der Waals surface area (Å²) in [4.78, 5) is 0. The van der Waals surface area contributed by atoms with Crippen LogP contribution in [-0.2, 0) is 0 Å². The molecule has 88 valence electrons. The van der Waals surface area contributed by atoms with Crippen molar-refractivity contribution in [3.8, 4) is 11.5 Å². The second-order valence-electron chi connectivity index (χ2n) is 3.82. The molecule has 0 bridgehead atoms. The number of nitrogens with two attached hydrogens (primary N) is 1. The van der Waals surface area contributed by atoms with Crippen LogP contribution in [0.25, 0.3) is 0 Å². The van der Waals surface area contributed by atoms with Gasteiger partial charge in [-0.05, 0) is 18.6 Å². The fourth-order valence-corrected chi connectivity index (χ4v) is 1.61. The number of rotatable bonds is 2. The number of hydrogen-bond donors (Lipinski definition) is 1. The Kier molecular flexibility index (Phi) is 2.71. The van der Waals surface area contributed by atoms with Gasteiger partial charge in [-0.15, -0.1) is 0 Å². The molecule has 1 atom stereocenters. The summed E-state index contributed by atoms with van der Waals surface area (Å²) in [7, 11) is 0. The van der Waals surface area contributed by atoms with Crippen LogP contribution in [0.1, 0.15) is 13.3 Å². The minimum atomic E-state index is -0.762. The minimum absolute atomic E-state index is 0.132. The lowest BCUT2D eigenvalue weighted by atomic mass is 10.0. The van der Waals surface area contributed by atoms with E-state index >= 15 is 0 Å². The van der Waals surface area contributed by atoms with Gasteiger partial charge < -0.3 is 15.2 Å². The normalized spacial score (nSPS) is 23.2. The average molecular weight is 229 g/mol. The van der Waals surface area contributed by atoms with Crippen LogP contribution in [0.4, 0.5) is 8.78 Å². The van der Waals surface area contributed by atoms with Gasteiger partial charge in [-0.2, -0.15) is 0 Å². The molecule has 0 aliphatic carbocycles. The van der Waals surface area contributed by atoms with E-state index in [9.17, 15) is 8.78 Å². The number of hydrogen-bond acceptors (Lipinski definition) is 3. The van der Waals surface area contributed by atoms with Gasteiger partial charge in [0.2, 0.25) is 5.75 Å². The van der Waals surface area contributed by atoms with E-state index in [4.69, 9.17) is 15.2 Å². The molecular formula is C11H13F2NO2. The molecule has 5 heteroatoms. The Bertz CT molecular complexity index is 405. The fraction of sp³-hybridized carbons (Fsp3) is 0.455. The molecule has 1 aromatic carbocycles. The lowest BCUT2D eigenvalue weighted by Crippen LogP contribution is -2.50. The van der Waals surface area contributed by atoms with E-state index in [1.807, 2.05) is 6.92 Å². The number of ether oxygens (including phenoxy) is 2. The average Bonchev–Trinajstić information content (AvgIpc) is 2.33. The van der Waals surface area contributed by atoms with Crippen molar-refractivity contribution < 1.29 is 18.3 Å². The van der Waals surface area contributed by atoms with Gasteiger partial charge in [0.1, 0.15) is 6.61 Å². The van der Waals surface area contributed by atoms with E-state index in [-0.39, 0.29) is 24.7 Å². The highest BCUT2D eigenvalue weighted by Crippen LogP contribution is 2.40. The zero-order valence-corrected chi connectivity index (χ0v) is 8.93. The van der Waals surface area contributed by atoms with Crippen LogP contribution in [0, 0.1) is 11.6 Å². The van der Waals surface area contributed by atoms with Crippen LogP contribution in [0.5, 0.6) is 11.5 Å². The number of halogens is 2. The fourth-order valence-electron chi connectivity index (χ4n) is 1.61. The van der Waals surface area contributed by atoms with Crippen LogP contribution >= 0.6 is 0 Å². The second-order valence-corrected chi connectivity index (χ2v) is 3.82. The van der Waals surface area contributed by atoms with Crippen molar-refractivity contribution >= 4 is 0 Å².